The molecule has 0 atom stereocenters. The Balaban J connectivity index is 2.05. The number of hydrogen-bond acceptors (Lipinski definition) is 4. The monoisotopic (exact) mass is 234 g/mol. The van der Waals surface area contributed by atoms with Gasteiger partial charge in [0, 0.05) is 26.3 Å². The normalized spacial score (nSPS) is 24.4. The van der Waals surface area contributed by atoms with Crippen LogP contribution in [0.3, 0.4) is 0 Å². The van der Waals surface area contributed by atoms with Gasteiger partial charge in [-0.25, -0.2) is 4.98 Å². The molecule has 1 fully saturated rings. The van der Waals surface area contributed by atoms with E-state index in [-0.39, 0.29) is 0 Å². The number of aromatic nitrogens is 2. The number of nitrogens with zero attached hydrogens (tertiary/aromatic N) is 3. The third-order valence-electron chi connectivity index (χ3n) is 3.76. The number of nitrogens with one attached hydrogen (secondary N) is 1. The molecule has 0 spiro atoms. The molecule has 0 aromatic carbocycles. The van der Waals surface area contributed by atoms with Gasteiger partial charge in [-0.1, -0.05) is 6.92 Å². The van der Waals surface area contributed by atoms with E-state index in [9.17, 15) is 0 Å². The predicted molar refractivity (Wildman–Crippen MR) is 71.4 cm³/mol. The molecular weight excluding hydrogens is 212 g/mol. The highest BCUT2D eigenvalue weighted by Crippen LogP contribution is 2.28. The lowest BCUT2D eigenvalue weighted by Crippen LogP contribution is -2.35. The standard InChI is InChI=1S/C13H22N4/c1-10-4-6-11(7-5-10)17(3)12-8-9-15-13(14-2)16-12/h8-11H,4-7H2,1-3H3,(H,14,15,16). The van der Waals surface area contributed by atoms with Gasteiger partial charge >= 0.3 is 0 Å². The van der Waals surface area contributed by atoms with E-state index in [1.54, 1.807) is 0 Å². The van der Waals surface area contributed by atoms with Crippen LogP contribution in [0.4, 0.5) is 11.8 Å². The summed E-state index contributed by atoms with van der Waals surface area (Å²) in [4.78, 5) is 10.9. The van der Waals surface area contributed by atoms with Crippen LogP contribution in [0.2, 0.25) is 0 Å². The molecule has 1 heterocycles. The summed E-state index contributed by atoms with van der Waals surface area (Å²) in [6.07, 6.45) is 7.03. The zero-order valence-electron chi connectivity index (χ0n) is 11.0. The molecule has 0 amide bonds. The van der Waals surface area contributed by atoms with E-state index in [1.165, 1.54) is 25.7 Å². The van der Waals surface area contributed by atoms with Gasteiger partial charge in [-0.15, -0.1) is 0 Å². The Kier molecular flexibility index (Phi) is 3.82. The highest BCUT2D eigenvalue weighted by molar-refractivity contribution is 5.42. The fourth-order valence-corrected chi connectivity index (χ4v) is 2.48. The second-order valence-corrected chi connectivity index (χ2v) is 5.01. The van der Waals surface area contributed by atoms with E-state index < -0.39 is 0 Å². The molecule has 1 aromatic heterocycles. The van der Waals surface area contributed by atoms with E-state index in [4.69, 9.17) is 0 Å². The lowest BCUT2D eigenvalue weighted by Gasteiger charge is -2.34. The topological polar surface area (TPSA) is 41.1 Å². The fourth-order valence-electron chi connectivity index (χ4n) is 2.48. The Labute approximate surface area is 103 Å². The molecule has 2 rings (SSSR count). The maximum absolute atomic E-state index is 4.49. The lowest BCUT2D eigenvalue weighted by atomic mass is 9.87. The molecule has 94 valence electrons. The largest absolute Gasteiger partial charge is 0.357 e. The van der Waals surface area contributed by atoms with E-state index >= 15 is 0 Å². The van der Waals surface area contributed by atoms with E-state index in [1.807, 2.05) is 19.3 Å². The first-order chi connectivity index (χ1) is 8.20. The quantitative estimate of drug-likeness (QED) is 0.872. The Morgan fingerprint density at radius 1 is 1.29 bits per heavy atom. The minimum atomic E-state index is 0.630. The van der Waals surface area contributed by atoms with E-state index in [0.29, 0.717) is 12.0 Å². The number of rotatable bonds is 3. The molecule has 0 aliphatic heterocycles. The highest BCUT2D eigenvalue weighted by Gasteiger charge is 2.22. The van der Waals surface area contributed by atoms with Crippen molar-refractivity contribution in [2.24, 2.45) is 5.92 Å². The van der Waals surface area contributed by atoms with Crippen molar-refractivity contribution in [2.75, 3.05) is 24.3 Å². The minimum Gasteiger partial charge on any atom is -0.357 e. The summed E-state index contributed by atoms with van der Waals surface area (Å²) < 4.78 is 0. The first-order valence-electron chi connectivity index (χ1n) is 6.44. The van der Waals surface area contributed by atoms with Crippen molar-refractivity contribution in [3.63, 3.8) is 0 Å². The Bertz CT molecular complexity index is 358. The number of hydrogen-bond donors (Lipinski definition) is 1. The summed E-state index contributed by atoms with van der Waals surface area (Å²) in [6, 6.07) is 2.62. The Hall–Kier alpha value is -1.32. The maximum Gasteiger partial charge on any atom is 0.224 e. The third-order valence-corrected chi connectivity index (χ3v) is 3.76. The number of anilines is 2. The van der Waals surface area contributed by atoms with Crippen LogP contribution < -0.4 is 10.2 Å². The van der Waals surface area contributed by atoms with Gasteiger partial charge in [0.15, 0.2) is 0 Å². The molecule has 1 aromatic rings. The Morgan fingerprint density at radius 3 is 2.65 bits per heavy atom. The summed E-state index contributed by atoms with van der Waals surface area (Å²) in [5.41, 5.74) is 0. The minimum absolute atomic E-state index is 0.630. The van der Waals surface area contributed by atoms with Crippen molar-refractivity contribution in [1.29, 1.82) is 0 Å². The van der Waals surface area contributed by atoms with Crippen molar-refractivity contribution >= 4 is 11.8 Å². The third kappa shape index (κ3) is 2.87. The second-order valence-electron chi connectivity index (χ2n) is 5.01. The molecule has 0 saturated heterocycles. The molecule has 1 N–H and O–H groups in total. The van der Waals surface area contributed by atoms with Crippen molar-refractivity contribution < 1.29 is 0 Å². The van der Waals surface area contributed by atoms with Crippen LogP contribution in [0, 0.1) is 5.92 Å². The molecule has 4 heteroatoms. The molecule has 17 heavy (non-hydrogen) atoms. The van der Waals surface area contributed by atoms with E-state index in [0.717, 1.165) is 11.7 Å². The summed E-state index contributed by atoms with van der Waals surface area (Å²) >= 11 is 0. The van der Waals surface area contributed by atoms with Gasteiger partial charge < -0.3 is 10.2 Å². The summed E-state index contributed by atoms with van der Waals surface area (Å²) in [5.74, 6) is 2.60. The van der Waals surface area contributed by atoms with Crippen molar-refractivity contribution in [2.45, 2.75) is 38.6 Å². The smallest absolute Gasteiger partial charge is 0.224 e. The second kappa shape index (κ2) is 5.34. The zero-order chi connectivity index (χ0) is 12.3. The average Bonchev–Trinajstić information content (AvgIpc) is 2.39. The Morgan fingerprint density at radius 2 is 2.00 bits per heavy atom. The van der Waals surface area contributed by atoms with Crippen LogP contribution in [0.25, 0.3) is 0 Å². The van der Waals surface area contributed by atoms with Gasteiger partial charge in [0.25, 0.3) is 0 Å². The highest BCUT2D eigenvalue weighted by atomic mass is 15.2. The van der Waals surface area contributed by atoms with Crippen molar-refractivity contribution in [1.82, 2.24) is 9.97 Å². The SMILES string of the molecule is CNc1nccc(N(C)C2CCC(C)CC2)n1. The van der Waals surface area contributed by atoms with Crippen molar-refractivity contribution in [3.8, 4) is 0 Å². The lowest BCUT2D eigenvalue weighted by molar-refractivity contribution is 0.340. The fraction of sp³-hybridized carbons (Fsp3) is 0.692. The summed E-state index contributed by atoms with van der Waals surface area (Å²) in [5, 5.41) is 2.98. The summed E-state index contributed by atoms with van der Waals surface area (Å²) in [7, 11) is 3.99. The van der Waals surface area contributed by atoms with Gasteiger partial charge in [-0.3, -0.25) is 0 Å². The van der Waals surface area contributed by atoms with Crippen LogP contribution in [0.15, 0.2) is 12.3 Å². The van der Waals surface area contributed by atoms with Gasteiger partial charge in [0.1, 0.15) is 5.82 Å². The molecule has 1 saturated carbocycles. The molecule has 1 aliphatic carbocycles. The average molecular weight is 234 g/mol. The van der Waals surface area contributed by atoms with E-state index in [2.05, 4.69) is 34.2 Å². The first-order valence-corrected chi connectivity index (χ1v) is 6.44. The van der Waals surface area contributed by atoms with Crippen LogP contribution in [0.1, 0.15) is 32.6 Å². The zero-order valence-corrected chi connectivity index (χ0v) is 11.0. The maximum atomic E-state index is 4.49. The van der Waals surface area contributed by atoms with Gasteiger partial charge in [0.2, 0.25) is 5.95 Å². The summed E-state index contributed by atoms with van der Waals surface area (Å²) in [6.45, 7) is 2.35. The molecule has 0 bridgehead atoms. The van der Waals surface area contributed by atoms with Crippen LogP contribution >= 0.6 is 0 Å². The molecular formula is C13H22N4. The molecule has 4 nitrogen and oxygen atoms in total. The predicted octanol–water partition coefficient (Wildman–Crippen LogP) is 2.53. The van der Waals surface area contributed by atoms with Gasteiger partial charge in [-0.05, 0) is 37.7 Å². The van der Waals surface area contributed by atoms with Crippen LogP contribution in [0.5, 0.6) is 0 Å². The van der Waals surface area contributed by atoms with Crippen LogP contribution in [-0.4, -0.2) is 30.1 Å². The molecule has 0 unspecified atom stereocenters. The van der Waals surface area contributed by atoms with Gasteiger partial charge in [-0.2, -0.15) is 4.98 Å². The molecule has 0 radical (unpaired) electrons. The van der Waals surface area contributed by atoms with Gasteiger partial charge in [0.05, 0.1) is 0 Å². The first kappa shape index (κ1) is 12.1. The van der Waals surface area contributed by atoms with Crippen LogP contribution in [-0.2, 0) is 0 Å². The molecule has 1 aliphatic rings. The van der Waals surface area contributed by atoms with Crippen molar-refractivity contribution in [3.05, 3.63) is 12.3 Å².